The van der Waals surface area contributed by atoms with Gasteiger partial charge in [-0.15, -0.1) is 0 Å². The van der Waals surface area contributed by atoms with Crippen molar-refractivity contribution in [3.8, 4) is 5.75 Å². The molecule has 0 aromatic heterocycles. The van der Waals surface area contributed by atoms with Gasteiger partial charge >= 0.3 is 0 Å². The van der Waals surface area contributed by atoms with E-state index in [-0.39, 0.29) is 18.0 Å². The summed E-state index contributed by atoms with van der Waals surface area (Å²) in [5.74, 6) is -0.0272. The van der Waals surface area contributed by atoms with E-state index in [0.717, 1.165) is 5.56 Å². The van der Waals surface area contributed by atoms with E-state index < -0.39 is 0 Å². The molecule has 0 aliphatic rings. The van der Waals surface area contributed by atoms with Crippen molar-refractivity contribution in [3.63, 3.8) is 0 Å². The van der Waals surface area contributed by atoms with Gasteiger partial charge < -0.3 is 15.2 Å². The van der Waals surface area contributed by atoms with Gasteiger partial charge in [0.2, 0.25) is 0 Å². The van der Waals surface area contributed by atoms with Gasteiger partial charge in [-0.3, -0.25) is 0 Å². The number of aliphatic hydroxyl groups is 1. The summed E-state index contributed by atoms with van der Waals surface area (Å²) in [5.41, 5.74) is 0.612. The van der Waals surface area contributed by atoms with Crippen LogP contribution in [0.1, 0.15) is 26.3 Å². The summed E-state index contributed by atoms with van der Waals surface area (Å²) in [6.07, 6.45) is 0.715. The van der Waals surface area contributed by atoms with E-state index in [2.05, 4.69) is 5.32 Å². The molecule has 1 aromatic rings. The van der Waals surface area contributed by atoms with Crippen LogP contribution in [0, 0.1) is 5.82 Å². The fourth-order valence-corrected chi connectivity index (χ4v) is 1.57. The minimum atomic E-state index is -0.323. The molecule has 0 unspecified atom stereocenters. The number of hydrogen-bond donors (Lipinski definition) is 2. The van der Waals surface area contributed by atoms with Crippen LogP contribution in [0.4, 0.5) is 4.39 Å². The van der Waals surface area contributed by atoms with Crippen molar-refractivity contribution in [2.45, 2.75) is 32.7 Å². The zero-order valence-corrected chi connectivity index (χ0v) is 11.3. The first-order valence-electron chi connectivity index (χ1n) is 6.25. The van der Waals surface area contributed by atoms with Gasteiger partial charge in [-0.25, -0.2) is 4.39 Å². The normalized spacial score (nSPS) is 11.6. The van der Waals surface area contributed by atoms with Crippen LogP contribution in [0.15, 0.2) is 18.2 Å². The van der Waals surface area contributed by atoms with Crippen LogP contribution in [0.5, 0.6) is 5.75 Å². The first kappa shape index (κ1) is 14.9. The minimum Gasteiger partial charge on any atom is -0.491 e. The highest BCUT2D eigenvalue weighted by atomic mass is 19.1. The second-order valence-electron chi connectivity index (χ2n) is 4.92. The van der Waals surface area contributed by atoms with Crippen molar-refractivity contribution in [3.05, 3.63) is 29.6 Å². The van der Waals surface area contributed by atoms with Gasteiger partial charge in [0.25, 0.3) is 0 Å². The van der Waals surface area contributed by atoms with Gasteiger partial charge in [0.15, 0.2) is 11.6 Å². The number of aliphatic hydroxyl groups excluding tert-OH is 1. The van der Waals surface area contributed by atoms with Gasteiger partial charge in [-0.05, 0) is 51.4 Å². The van der Waals surface area contributed by atoms with Crippen LogP contribution in [-0.4, -0.2) is 30.4 Å². The first-order valence-corrected chi connectivity index (χ1v) is 6.25. The average Bonchev–Trinajstić information content (AvgIpc) is 2.32. The molecule has 0 amide bonds. The van der Waals surface area contributed by atoms with E-state index in [9.17, 15) is 4.39 Å². The molecule has 1 rings (SSSR count). The van der Waals surface area contributed by atoms with E-state index in [1.807, 2.05) is 26.8 Å². The number of rotatable bonds is 7. The Morgan fingerprint density at radius 1 is 1.39 bits per heavy atom. The van der Waals surface area contributed by atoms with E-state index in [4.69, 9.17) is 9.84 Å². The SMILES string of the molecule is CCOc1ccc(CCNC(C)(C)CO)cc1F. The number of hydrogen-bond acceptors (Lipinski definition) is 3. The largest absolute Gasteiger partial charge is 0.491 e. The Morgan fingerprint density at radius 2 is 2.11 bits per heavy atom. The molecular formula is C14H22FNO2. The summed E-state index contributed by atoms with van der Waals surface area (Å²) < 4.78 is 18.7. The second-order valence-corrected chi connectivity index (χ2v) is 4.92. The average molecular weight is 255 g/mol. The Hall–Kier alpha value is -1.13. The van der Waals surface area contributed by atoms with Crippen LogP contribution in [0.25, 0.3) is 0 Å². The summed E-state index contributed by atoms with van der Waals surface area (Å²) in [5, 5.41) is 12.3. The Kier molecular flexibility index (Phi) is 5.56. The topological polar surface area (TPSA) is 41.5 Å². The maximum Gasteiger partial charge on any atom is 0.165 e. The Labute approximate surface area is 108 Å². The summed E-state index contributed by atoms with van der Waals surface area (Å²) in [7, 11) is 0. The molecule has 0 atom stereocenters. The molecule has 0 bridgehead atoms. The maximum atomic E-state index is 13.6. The minimum absolute atomic E-state index is 0.0740. The zero-order valence-electron chi connectivity index (χ0n) is 11.3. The number of nitrogens with one attached hydrogen (secondary N) is 1. The van der Waals surface area contributed by atoms with Gasteiger partial charge in [0, 0.05) is 5.54 Å². The molecule has 0 spiro atoms. The lowest BCUT2D eigenvalue weighted by molar-refractivity contribution is 0.189. The molecule has 2 N–H and O–H groups in total. The van der Waals surface area contributed by atoms with Crippen molar-refractivity contribution in [2.75, 3.05) is 19.8 Å². The number of halogens is 1. The van der Waals surface area contributed by atoms with Crippen LogP contribution in [0.3, 0.4) is 0 Å². The summed E-state index contributed by atoms with van der Waals surface area (Å²) in [6, 6.07) is 5.02. The highest BCUT2D eigenvalue weighted by molar-refractivity contribution is 5.29. The Morgan fingerprint density at radius 3 is 2.67 bits per heavy atom. The van der Waals surface area contributed by atoms with E-state index >= 15 is 0 Å². The monoisotopic (exact) mass is 255 g/mol. The third-order valence-corrected chi connectivity index (χ3v) is 2.71. The molecule has 0 radical (unpaired) electrons. The molecular weight excluding hydrogens is 233 g/mol. The third-order valence-electron chi connectivity index (χ3n) is 2.71. The summed E-state index contributed by atoms with van der Waals surface area (Å²) >= 11 is 0. The molecule has 0 saturated heterocycles. The Balaban J connectivity index is 2.51. The second kappa shape index (κ2) is 6.71. The predicted octanol–water partition coefficient (Wildman–Crippen LogP) is 2.13. The molecule has 0 heterocycles. The first-order chi connectivity index (χ1) is 8.48. The maximum absolute atomic E-state index is 13.6. The lowest BCUT2D eigenvalue weighted by Crippen LogP contribution is -2.43. The van der Waals surface area contributed by atoms with Crippen molar-refractivity contribution in [1.82, 2.24) is 5.32 Å². The molecule has 0 aliphatic heterocycles. The van der Waals surface area contributed by atoms with Crippen LogP contribution in [-0.2, 0) is 6.42 Å². The van der Waals surface area contributed by atoms with Crippen LogP contribution >= 0.6 is 0 Å². The van der Waals surface area contributed by atoms with E-state index in [0.29, 0.717) is 25.3 Å². The van der Waals surface area contributed by atoms with Crippen LogP contribution in [0.2, 0.25) is 0 Å². The zero-order chi connectivity index (χ0) is 13.6. The number of benzene rings is 1. The van der Waals surface area contributed by atoms with E-state index in [1.54, 1.807) is 6.07 Å². The van der Waals surface area contributed by atoms with Crippen LogP contribution < -0.4 is 10.1 Å². The smallest absolute Gasteiger partial charge is 0.165 e. The lowest BCUT2D eigenvalue weighted by Gasteiger charge is -2.23. The van der Waals surface area contributed by atoms with Crippen molar-refractivity contribution in [1.29, 1.82) is 0 Å². The molecule has 102 valence electrons. The fourth-order valence-electron chi connectivity index (χ4n) is 1.57. The van der Waals surface area contributed by atoms with Crippen molar-refractivity contribution < 1.29 is 14.2 Å². The van der Waals surface area contributed by atoms with E-state index in [1.165, 1.54) is 6.07 Å². The number of ether oxygens (including phenoxy) is 1. The van der Waals surface area contributed by atoms with Gasteiger partial charge in [0.05, 0.1) is 13.2 Å². The van der Waals surface area contributed by atoms with Gasteiger partial charge in [-0.1, -0.05) is 6.07 Å². The third kappa shape index (κ3) is 4.63. The summed E-state index contributed by atoms with van der Waals surface area (Å²) in [6.45, 7) is 6.90. The molecule has 4 heteroatoms. The standard InChI is InChI=1S/C14H22FNO2/c1-4-18-13-6-5-11(9-12(13)15)7-8-16-14(2,3)10-17/h5-6,9,16-17H,4,7-8,10H2,1-3H3. The Bertz CT molecular complexity index is 380. The highest BCUT2D eigenvalue weighted by Crippen LogP contribution is 2.18. The fraction of sp³-hybridized carbons (Fsp3) is 0.571. The molecule has 18 heavy (non-hydrogen) atoms. The van der Waals surface area contributed by atoms with Crippen molar-refractivity contribution >= 4 is 0 Å². The molecule has 1 aromatic carbocycles. The highest BCUT2D eigenvalue weighted by Gasteiger charge is 2.14. The van der Waals surface area contributed by atoms with Gasteiger partial charge in [-0.2, -0.15) is 0 Å². The molecule has 0 aliphatic carbocycles. The quantitative estimate of drug-likeness (QED) is 0.784. The molecule has 0 fully saturated rings. The van der Waals surface area contributed by atoms with Gasteiger partial charge in [0.1, 0.15) is 0 Å². The van der Waals surface area contributed by atoms with Crippen molar-refractivity contribution in [2.24, 2.45) is 0 Å². The molecule has 3 nitrogen and oxygen atoms in total. The lowest BCUT2D eigenvalue weighted by atomic mass is 10.1. The summed E-state index contributed by atoms with van der Waals surface area (Å²) in [4.78, 5) is 0. The molecule has 0 saturated carbocycles. The predicted molar refractivity (Wildman–Crippen MR) is 70.4 cm³/mol.